The average Bonchev–Trinajstić information content (AvgIpc) is 4.10. The van der Waals surface area contributed by atoms with Crippen LogP contribution < -0.4 is 16.4 Å². The number of rotatable bonds is 7. The number of fused-ring (bicyclic) bond motifs is 2. The van der Waals surface area contributed by atoms with Crippen molar-refractivity contribution in [2.45, 2.75) is 69.7 Å². The van der Waals surface area contributed by atoms with Crippen LogP contribution in [-0.4, -0.2) is 103 Å². The summed E-state index contributed by atoms with van der Waals surface area (Å²) in [4.78, 5) is 52.0. The Kier molecular flexibility index (Phi) is 13.6. The maximum atomic E-state index is 14.1. The summed E-state index contributed by atoms with van der Waals surface area (Å²) in [6.07, 6.45) is 7.08. The number of nitrogens with one attached hydrogen (secondary N) is 3. The lowest BCUT2D eigenvalue weighted by atomic mass is 9.97. The third-order valence-electron chi connectivity index (χ3n) is 12.5. The highest BCUT2D eigenvalue weighted by atomic mass is 19.1. The van der Waals surface area contributed by atoms with Crippen molar-refractivity contribution in [2.75, 3.05) is 52.6 Å². The molecule has 4 aromatic heterocycles. The van der Waals surface area contributed by atoms with Crippen LogP contribution in [0.2, 0.25) is 0 Å². The molecular formula is C44H50F4N10O5. The van der Waals surface area contributed by atoms with E-state index in [1.54, 1.807) is 21.4 Å². The zero-order chi connectivity index (χ0) is 44.2. The van der Waals surface area contributed by atoms with Gasteiger partial charge in [0.05, 0.1) is 18.0 Å². The van der Waals surface area contributed by atoms with Gasteiger partial charge < -0.3 is 24.8 Å². The number of aromatic amines is 2. The molecule has 6 aromatic rings. The van der Waals surface area contributed by atoms with Crippen LogP contribution in [0.15, 0.2) is 58.4 Å². The molecule has 4 aliphatic heterocycles. The molecule has 8 heterocycles. The number of nitrogens with zero attached hydrogens (tertiary/aromatic N) is 7. The lowest BCUT2D eigenvalue weighted by Crippen LogP contribution is -2.24. The predicted octanol–water partition coefficient (Wildman–Crippen LogP) is 5.24. The van der Waals surface area contributed by atoms with Crippen LogP contribution in [-0.2, 0) is 16.0 Å². The van der Waals surface area contributed by atoms with Gasteiger partial charge in [-0.25, -0.2) is 36.6 Å². The number of hydrogen-bond acceptors (Lipinski definition) is 11. The second-order valence-corrected chi connectivity index (χ2v) is 16.8. The molecule has 0 radical (unpaired) electrons. The first-order valence-corrected chi connectivity index (χ1v) is 21.4. The lowest BCUT2D eigenvalue weighted by Gasteiger charge is -2.21. The summed E-state index contributed by atoms with van der Waals surface area (Å²) in [5.41, 5.74) is 0.743. The molecule has 0 spiro atoms. The lowest BCUT2D eigenvalue weighted by molar-refractivity contribution is 0.0831. The molecule has 4 fully saturated rings. The molecule has 3 N–H and O–H groups in total. The molecule has 2 aromatic carbocycles. The Morgan fingerprint density at radius 1 is 0.698 bits per heavy atom. The highest BCUT2D eigenvalue weighted by Crippen LogP contribution is 2.33. The zero-order valence-corrected chi connectivity index (χ0v) is 35.0. The van der Waals surface area contributed by atoms with Crippen LogP contribution in [0.25, 0.3) is 11.0 Å². The Morgan fingerprint density at radius 2 is 1.24 bits per heavy atom. The molecule has 0 amide bonds. The van der Waals surface area contributed by atoms with E-state index in [1.165, 1.54) is 6.07 Å². The number of H-pyrrole nitrogens is 2. The Balaban J connectivity index is 0.000000147. The smallest absolute Gasteiger partial charge is 0.276 e. The van der Waals surface area contributed by atoms with Gasteiger partial charge in [-0.3, -0.25) is 19.3 Å². The van der Waals surface area contributed by atoms with Crippen LogP contribution in [0.4, 0.5) is 17.6 Å². The van der Waals surface area contributed by atoms with Crippen molar-refractivity contribution in [3.05, 3.63) is 127 Å². The van der Waals surface area contributed by atoms with Crippen molar-refractivity contribution >= 4 is 17.3 Å². The first kappa shape index (κ1) is 44.0. The van der Waals surface area contributed by atoms with Crippen molar-refractivity contribution in [3.8, 4) is 0 Å². The van der Waals surface area contributed by atoms with Gasteiger partial charge in [0, 0.05) is 81.8 Å². The second kappa shape index (κ2) is 19.4. The third kappa shape index (κ3) is 9.80. The van der Waals surface area contributed by atoms with Gasteiger partial charge in [-0.15, -0.1) is 0 Å². The highest BCUT2D eigenvalue weighted by Gasteiger charge is 2.34. The molecule has 4 atom stereocenters. The molecule has 63 heavy (non-hydrogen) atoms. The van der Waals surface area contributed by atoms with Gasteiger partial charge in [0.2, 0.25) is 0 Å². The number of benzene rings is 2. The predicted molar refractivity (Wildman–Crippen MR) is 223 cm³/mol. The van der Waals surface area contributed by atoms with E-state index >= 15 is 0 Å². The van der Waals surface area contributed by atoms with E-state index in [-0.39, 0.29) is 46.6 Å². The van der Waals surface area contributed by atoms with E-state index in [0.29, 0.717) is 67.1 Å². The maximum absolute atomic E-state index is 14.1. The SMILES string of the molecule is CC1CN(Cc2cc(F)ccc2F)CC1c1nn2c(C3CCOCC3)ncc2c(=O)[nH]1.CC1CNCC1c1nn2c(C3CCOCC3)ncc2c(=O)[nH]1.O=Cc1cc(F)ccc1F. The fraction of sp³-hybridized carbons (Fsp3) is 0.477. The first-order valence-electron chi connectivity index (χ1n) is 21.4. The quantitative estimate of drug-likeness (QED) is 0.141. The highest BCUT2D eigenvalue weighted by molar-refractivity contribution is 5.74. The van der Waals surface area contributed by atoms with Crippen molar-refractivity contribution in [1.29, 1.82) is 0 Å². The van der Waals surface area contributed by atoms with Gasteiger partial charge in [0.15, 0.2) is 17.3 Å². The van der Waals surface area contributed by atoms with E-state index < -0.39 is 23.3 Å². The molecule has 4 aliphatic rings. The van der Waals surface area contributed by atoms with Crippen molar-refractivity contribution < 1.29 is 31.8 Å². The molecule has 334 valence electrons. The summed E-state index contributed by atoms with van der Waals surface area (Å²) in [7, 11) is 0. The van der Waals surface area contributed by atoms with Crippen molar-refractivity contribution in [2.24, 2.45) is 11.8 Å². The van der Waals surface area contributed by atoms with E-state index in [0.717, 1.165) is 99.8 Å². The Hall–Kier alpha value is -5.63. The number of imidazole rings is 2. The summed E-state index contributed by atoms with van der Waals surface area (Å²) in [5.74, 6) is 2.34. The minimum absolute atomic E-state index is 0.0151. The van der Waals surface area contributed by atoms with Crippen LogP contribution in [0.5, 0.6) is 0 Å². The molecule has 0 saturated carbocycles. The van der Waals surface area contributed by atoms with E-state index in [4.69, 9.17) is 19.7 Å². The van der Waals surface area contributed by atoms with Gasteiger partial charge in [-0.1, -0.05) is 13.8 Å². The van der Waals surface area contributed by atoms with Crippen molar-refractivity contribution in [3.63, 3.8) is 0 Å². The Labute approximate surface area is 359 Å². The summed E-state index contributed by atoms with van der Waals surface area (Å²) in [5, 5.41) is 12.9. The monoisotopic (exact) mass is 874 g/mol. The molecule has 4 saturated heterocycles. The summed E-state index contributed by atoms with van der Waals surface area (Å²) < 4.78 is 66.5. The zero-order valence-electron chi connectivity index (χ0n) is 35.0. The van der Waals surface area contributed by atoms with Crippen molar-refractivity contribution in [1.82, 2.24) is 49.4 Å². The van der Waals surface area contributed by atoms with Gasteiger partial charge in [-0.05, 0) is 80.5 Å². The number of aldehydes is 1. The number of likely N-dealkylation sites (tertiary alicyclic amines) is 1. The van der Waals surface area contributed by atoms with Gasteiger partial charge in [0.1, 0.15) is 46.6 Å². The first-order chi connectivity index (χ1) is 30.5. The van der Waals surface area contributed by atoms with Gasteiger partial charge in [-0.2, -0.15) is 10.2 Å². The Bertz CT molecular complexity index is 2670. The number of carbonyl (C=O) groups is 1. The van der Waals surface area contributed by atoms with Crippen LogP contribution in [0, 0.1) is 35.1 Å². The van der Waals surface area contributed by atoms with Crippen LogP contribution >= 0.6 is 0 Å². The number of carbonyl (C=O) groups excluding carboxylic acids is 1. The minimum Gasteiger partial charge on any atom is -0.381 e. The number of ether oxygens (including phenoxy) is 2. The fourth-order valence-corrected chi connectivity index (χ4v) is 8.91. The average molecular weight is 875 g/mol. The minimum atomic E-state index is -0.698. The largest absolute Gasteiger partial charge is 0.381 e. The van der Waals surface area contributed by atoms with E-state index in [2.05, 4.69) is 44.0 Å². The molecule has 0 aliphatic carbocycles. The second-order valence-electron chi connectivity index (χ2n) is 16.8. The van der Waals surface area contributed by atoms with Crippen LogP contribution in [0.3, 0.4) is 0 Å². The maximum Gasteiger partial charge on any atom is 0.276 e. The topological polar surface area (TPSA) is 177 Å². The number of hydrogen-bond donors (Lipinski definition) is 3. The molecule has 19 heteroatoms. The number of aromatic nitrogens is 8. The molecular weight excluding hydrogens is 825 g/mol. The molecule has 4 unspecified atom stereocenters. The summed E-state index contributed by atoms with van der Waals surface area (Å²) in [6, 6.07) is 6.25. The normalized spacial score (nSPS) is 22.2. The third-order valence-corrected chi connectivity index (χ3v) is 12.5. The molecule has 15 nitrogen and oxygen atoms in total. The van der Waals surface area contributed by atoms with Crippen LogP contribution in [0.1, 0.15) is 102 Å². The number of halogens is 4. The van der Waals surface area contributed by atoms with E-state index in [1.807, 2.05) is 0 Å². The summed E-state index contributed by atoms with van der Waals surface area (Å²) >= 11 is 0. The molecule has 10 rings (SSSR count). The standard InChI is InChI=1S/C22H25F2N5O2.C15H21N5O2.C7H4F2O/c1-13-10-28(11-15-8-16(23)2-3-18(15)24)12-17(13)20-26-22(30)19-9-25-21(29(19)27-20)14-4-6-31-7-5-14;1-9-6-16-7-11(9)13-18-15(21)12-8-17-14(20(12)19-13)10-2-4-22-5-3-10;8-6-1-2-7(9)5(3-6)4-10/h2-3,8-9,13-14,17H,4-7,10-12H2,1H3,(H,26,27,30);8-11,16H,2-7H2,1H3,(H,18,19,21);1-4H. The molecule has 0 bridgehead atoms. The Morgan fingerprint density at radius 3 is 1.76 bits per heavy atom. The van der Waals surface area contributed by atoms with Gasteiger partial charge in [0.25, 0.3) is 11.1 Å². The fourth-order valence-electron chi connectivity index (χ4n) is 8.91. The van der Waals surface area contributed by atoms with E-state index in [9.17, 15) is 31.9 Å². The summed E-state index contributed by atoms with van der Waals surface area (Å²) in [6.45, 7) is 10.6. The van der Waals surface area contributed by atoms with Gasteiger partial charge >= 0.3 is 0 Å².